The van der Waals surface area contributed by atoms with Gasteiger partial charge >= 0.3 is 0 Å². The summed E-state index contributed by atoms with van der Waals surface area (Å²) in [5.74, 6) is 1.19. The Labute approximate surface area is 109 Å². The van der Waals surface area contributed by atoms with Crippen LogP contribution < -0.4 is 10.6 Å². The summed E-state index contributed by atoms with van der Waals surface area (Å²) in [6.45, 7) is 2.15. The molecule has 0 aliphatic heterocycles. The number of nitrogens with one attached hydrogen (secondary N) is 2. The molecular weight excluding hydrogens is 224 g/mol. The van der Waals surface area contributed by atoms with E-state index in [2.05, 4.69) is 16.7 Å². The predicted octanol–water partition coefficient (Wildman–Crippen LogP) is 2.61. The van der Waals surface area contributed by atoms with E-state index in [4.69, 9.17) is 4.42 Å². The lowest BCUT2D eigenvalue weighted by atomic mass is 10.1. The third kappa shape index (κ3) is 3.85. The molecule has 0 aromatic carbocycles. The van der Waals surface area contributed by atoms with Crippen molar-refractivity contribution in [3.63, 3.8) is 0 Å². The van der Waals surface area contributed by atoms with Gasteiger partial charge in [-0.15, -0.1) is 0 Å². The zero-order valence-corrected chi connectivity index (χ0v) is 11.1. The van der Waals surface area contributed by atoms with Gasteiger partial charge in [0.15, 0.2) is 0 Å². The van der Waals surface area contributed by atoms with Crippen LogP contribution in [0.5, 0.6) is 0 Å². The minimum atomic E-state index is 0.774. The lowest BCUT2D eigenvalue weighted by Crippen LogP contribution is -2.17. The second kappa shape index (κ2) is 5.89. The Morgan fingerprint density at radius 1 is 1.06 bits per heavy atom. The van der Waals surface area contributed by atoms with Crippen LogP contribution in [0.4, 0.5) is 0 Å². The highest BCUT2D eigenvalue weighted by Crippen LogP contribution is 2.21. The molecule has 18 heavy (non-hydrogen) atoms. The quantitative estimate of drug-likeness (QED) is 0.660. The van der Waals surface area contributed by atoms with Crippen LogP contribution in [-0.2, 0) is 13.0 Å². The van der Waals surface area contributed by atoms with Gasteiger partial charge in [-0.3, -0.25) is 0 Å². The minimum absolute atomic E-state index is 0.774. The fourth-order valence-corrected chi connectivity index (χ4v) is 2.29. The van der Waals surface area contributed by atoms with E-state index in [9.17, 15) is 0 Å². The zero-order valence-electron chi connectivity index (χ0n) is 11.1. The highest BCUT2D eigenvalue weighted by Gasteiger charge is 2.21. The molecule has 3 rings (SSSR count). The first-order valence-electron chi connectivity index (χ1n) is 7.44. The van der Waals surface area contributed by atoms with Crippen molar-refractivity contribution < 1.29 is 4.42 Å². The normalized spacial score (nSPS) is 19.3. The van der Waals surface area contributed by atoms with Crippen LogP contribution in [0.3, 0.4) is 0 Å². The average molecular weight is 248 g/mol. The Morgan fingerprint density at radius 3 is 2.61 bits per heavy atom. The van der Waals surface area contributed by atoms with Gasteiger partial charge in [0.25, 0.3) is 0 Å². The molecule has 0 radical (unpaired) electrons. The standard InChI is InChI=1S/C15H24N2O/c1(2-9-16-13-4-5-13)3-15-12(8-10-18-15)11-17-14-6-7-14/h8,10,13-14,16-17H,1-7,9,11H2. The summed E-state index contributed by atoms with van der Waals surface area (Å²) in [7, 11) is 0. The molecular formula is C15H24N2O. The van der Waals surface area contributed by atoms with E-state index in [0.717, 1.165) is 25.0 Å². The van der Waals surface area contributed by atoms with Crippen LogP contribution in [0.25, 0.3) is 0 Å². The van der Waals surface area contributed by atoms with Gasteiger partial charge in [-0.2, -0.15) is 0 Å². The number of furan rings is 1. The molecule has 0 bridgehead atoms. The maximum atomic E-state index is 5.60. The summed E-state index contributed by atoms with van der Waals surface area (Å²) < 4.78 is 5.60. The fraction of sp³-hybridized carbons (Fsp3) is 0.733. The summed E-state index contributed by atoms with van der Waals surface area (Å²) in [6, 6.07) is 3.73. The minimum Gasteiger partial charge on any atom is -0.469 e. The van der Waals surface area contributed by atoms with Crippen molar-refractivity contribution >= 4 is 0 Å². The number of hydrogen-bond acceptors (Lipinski definition) is 3. The Kier molecular flexibility index (Phi) is 4.01. The van der Waals surface area contributed by atoms with Gasteiger partial charge in [-0.25, -0.2) is 0 Å². The van der Waals surface area contributed by atoms with E-state index in [1.807, 2.05) is 6.26 Å². The van der Waals surface area contributed by atoms with Crippen LogP contribution in [-0.4, -0.2) is 18.6 Å². The highest BCUT2D eigenvalue weighted by molar-refractivity contribution is 5.17. The zero-order chi connectivity index (χ0) is 12.2. The van der Waals surface area contributed by atoms with Gasteiger partial charge in [0.1, 0.15) is 5.76 Å². The Balaban J connectivity index is 1.33. The predicted molar refractivity (Wildman–Crippen MR) is 72.5 cm³/mol. The van der Waals surface area contributed by atoms with E-state index in [0.29, 0.717) is 0 Å². The second-order valence-electron chi connectivity index (χ2n) is 5.71. The summed E-state index contributed by atoms with van der Waals surface area (Å²) in [5.41, 5.74) is 1.36. The van der Waals surface area contributed by atoms with Crippen LogP contribution in [0.2, 0.25) is 0 Å². The third-order valence-corrected chi connectivity index (χ3v) is 3.84. The van der Waals surface area contributed by atoms with Gasteiger partial charge in [0.2, 0.25) is 0 Å². The smallest absolute Gasteiger partial charge is 0.108 e. The SMILES string of the molecule is c1cc(CNC2CC2)c(CCCCNC2CC2)o1. The van der Waals surface area contributed by atoms with Crippen molar-refractivity contribution in [3.05, 3.63) is 23.7 Å². The van der Waals surface area contributed by atoms with Crippen molar-refractivity contribution in [1.29, 1.82) is 0 Å². The highest BCUT2D eigenvalue weighted by atomic mass is 16.3. The number of unbranched alkanes of at least 4 members (excludes halogenated alkanes) is 1. The molecule has 0 spiro atoms. The number of aryl methyl sites for hydroxylation is 1. The Morgan fingerprint density at radius 2 is 1.83 bits per heavy atom. The largest absolute Gasteiger partial charge is 0.469 e. The van der Waals surface area contributed by atoms with E-state index in [1.54, 1.807) is 0 Å². The van der Waals surface area contributed by atoms with Crippen molar-refractivity contribution in [2.45, 2.75) is 63.6 Å². The molecule has 3 heteroatoms. The monoisotopic (exact) mass is 248 g/mol. The lowest BCUT2D eigenvalue weighted by molar-refractivity contribution is 0.486. The van der Waals surface area contributed by atoms with E-state index >= 15 is 0 Å². The van der Waals surface area contributed by atoms with E-state index in [1.165, 1.54) is 56.4 Å². The molecule has 2 aliphatic carbocycles. The van der Waals surface area contributed by atoms with Crippen LogP contribution in [0.1, 0.15) is 49.8 Å². The second-order valence-corrected chi connectivity index (χ2v) is 5.71. The molecule has 2 fully saturated rings. The summed E-state index contributed by atoms with van der Waals surface area (Å²) in [6.07, 6.45) is 10.9. The van der Waals surface area contributed by atoms with Crippen molar-refractivity contribution in [2.24, 2.45) is 0 Å². The summed E-state index contributed by atoms with van der Waals surface area (Å²) in [5, 5.41) is 7.11. The molecule has 1 aromatic rings. The molecule has 2 N–H and O–H groups in total. The van der Waals surface area contributed by atoms with Gasteiger partial charge < -0.3 is 15.1 Å². The van der Waals surface area contributed by atoms with Crippen LogP contribution >= 0.6 is 0 Å². The maximum Gasteiger partial charge on any atom is 0.108 e. The third-order valence-electron chi connectivity index (χ3n) is 3.84. The molecule has 100 valence electrons. The molecule has 0 unspecified atom stereocenters. The van der Waals surface area contributed by atoms with Gasteiger partial charge in [0.05, 0.1) is 6.26 Å². The van der Waals surface area contributed by atoms with Gasteiger partial charge in [0, 0.05) is 30.6 Å². The maximum absolute atomic E-state index is 5.60. The molecule has 3 nitrogen and oxygen atoms in total. The molecule has 0 amide bonds. The molecule has 1 aromatic heterocycles. The fourth-order valence-electron chi connectivity index (χ4n) is 2.29. The molecule has 2 aliphatic rings. The lowest BCUT2D eigenvalue weighted by Gasteiger charge is -2.05. The Bertz CT molecular complexity index is 366. The van der Waals surface area contributed by atoms with Crippen molar-refractivity contribution in [2.75, 3.05) is 6.54 Å². The van der Waals surface area contributed by atoms with E-state index in [-0.39, 0.29) is 0 Å². The Hall–Kier alpha value is -0.800. The first-order chi connectivity index (χ1) is 8.92. The number of hydrogen-bond donors (Lipinski definition) is 2. The van der Waals surface area contributed by atoms with Crippen LogP contribution in [0.15, 0.2) is 16.7 Å². The average Bonchev–Trinajstić information content (AvgIpc) is 3.28. The molecule has 0 saturated heterocycles. The van der Waals surface area contributed by atoms with Crippen LogP contribution in [0, 0.1) is 0 Å². The van der Waals surface area contributed by atoms with Gasteiger partial charge in [-0.1, -0.05) is 0 Å². The van der Waals surface area contributed by atoms with Gasteiger partial charge in [-0.05, 0) is 51.1 Å². The summed E-state index contributed by atoms with van der Waals surface area (Å²) in [4.78, 5) is 0. The topological polar surface area (TPSA) is 37.2 Å². The van der Waals surface area contributed by atoms with E-state index < -0.39 is 0 Å². The first kappa shape index (κ1) is 12.2. The van der Waals surface area contributed by atoms with Crippen molar-refractivity contribution in [3.8, 4) is 0 Å². The number of rotatable bonds is 9. The first-order valence-corrected chi connectivity index (χ1v) is 7.44. The molecule has 1 heterocycles. The molecule has 0 atom stereocenters. The summed E-state index contributed by atoms with van der Waals surface area (Å²) >= 11 is 0. The van der Waals surface area contributed by atoms with Crippen molar-refractivity contribution in [1.82, 2.24) is 10.6 Å². The molecule has 2 saturated carbocycles.